The van der Waals surface area contributed by atoms with Crippen molar-refractivity contribution in [2.24, 2.45) is 0 Å². The number of esters is 1. The minimum atomic E-state index is -0.796. The Hall–Kier alpha value is -1.65. The number of unbranched alkanes of at least 4 members (excludes halogenated alkanes) is 9. The third-order valence-electron chi connectivity index (χ3n) is 4.35. The average molecular weight is 353 g/mol. The summed E-state index contributed by atoms with van der Waals surface area (Å²) in [5.41, 5.74) is -0.313. The molecule has 0 aromatic carbocycles. The maximum Gasteiger partial charge on any atom is 0.357 e. The Balaban J connectivity index is 2.20. The number of ketones is 1. The number of hydrogen-bond acceptors (Lipinski definition) is 3. The van der Waals surface area contributed by atoms with Crippen LogP contribution in [-0.2, 0) is 4.74 Å². The number of carbonyl (C=O) groups is 2. The number of ether oxygens (including phenoxy) is 1. The lowest BCUT2D eigenvalue weighted by molar-refractivity contribution is 0.0515. The van der Waals surface area contributed by atoms with E-state index >= 15 is 0 Å². The van der Waals surface area contributed by atoms with Crippen molar-refractivity contribution in [1.29, 1.82) is 0 Å². The molecule has 0 saturated carbocycles. The number of Topliss-reactive ketones (excluding diaryl/α,β-unsaturated/α-hetero) is 1. The summed E-state index contributed by atoms with van der Waals surface area (Å²) >= 11 is 0. The summed E-state index contributed by atoms with van der Waals surface area (Å²) in [4.78, 5) is 26.1. The van der Waals surface area contributed by atoms with E-state index in [2.05, 4.69) is 11.9 Å². The number of aromatic amines is 1. The van der Waals surface area contributed by atoms with Gasteiger partial charge >= 0.3 is 5.97 Å². The fourth-order valence-corrected chi connectivity index (χ4v) is 2.87. The molecule has 5 heteroatoms. The van der Waals surface area contributed by atoms with E-state index in [1.807, 2.05) is 0 Å². The van der Waals surface area contributed by atoms with Gasteiger partial charge in [0.1, 0.15) is 0 Å². The van der Waals surface area contributed by atoms with Crippen molar-refractivity contribution in [2.75, 3.05) is 6.61 Å². The normalized spacial score (nSPS) is 10.8. The Bertz CT molecular complexity index is 525. The summed E-state index contributed by atoms with van der Waals surface area (Å²) in [6.45, 7) is 4.04. The smallest absolute Gasteiger partial charge is 0.357 e. The summed E-state index contributed by atoms with van der Waals surface area (Å²) in [5, 5.41) is 0. The quantitative estimate of drug-likeness (QED) is 0.260. The van der Waals surface area contributed by atoms with Crippen LogP contribution in [0, 0.1) is 5.82 Å². The zero-order chi connectivity index (χ0) is 18.5. The molecule has 0 spiro atoms. The molecule has 1 aromatic rings. The predicted octanol–water partition coefficient (Wildman–Crippen LogP) is 5.82. The van der Waals surface area contributed by atoms with Crippen LogP contribution in [0.15, 0.2) is 6.20 Å². The van der Waals surface area contributed by atoms with E-state index in [1.54, 1.807) is 6.92 Å². The van der Waals surface area contributed by atoms with Crippen molar-refractivity contribution in [3.63, 3.8) is 0 Å². The maximum atomic E-state index is 14.1. The molecule has 0 aliphatic heterocycles. The van der Waals surface area contributed by atoms with Gasteiger partial charge in [0.05, 0.1) is 12.2 Å². The lowest BCUT2D eigenvalue weighted by atomic mass is 10.0. The van der Waals surface area contributed by atoms with Crippen LogP contribution in [0.5, 0.6) is 0 Å². The Kier molecular flexibility index (Phi) is 10.8. The second-order valence-corrected chi connectivity index (χ2v) is 6.47. The largest absolute Gasteiger partial charge is 0.461 e. The number of hydrogen-bond donors (Lipinski definition) is 1. The van der Waals surface area contributed by atoms with Crippen molar-refractivity contribution in [1.82, 2.24) is 4.98 Å². The molecule has 0 amide bonds. The summed E-state index contributed by atoms with van der Waals surface area (Å²) in [6.07, 6.45) is 13.4. The van der Waals surface area contributed by atoms with Crippen LogP contribution in [0.1, 0.15) is 105 Å². The molecule has 142 valence electrons. The molecular formula is C20H32FNO3. The van der Waals surface area contributed by atoms with E-state index in [-0.39, 0.29) is 23.6 Å². The highest BCUT2D eigenvalue weighted by atomic mass is 19.1. The standard InChI is InChI=1S/C20H32FNO3/c1-3-5-6-7-8-9-10-11-12-13-14-17(23)16-15-22-19(18(16)21)20(24)25-4-2/h15,22H,3-14H2,1-2H3. The van der Waals surface area contributed by atoms with Crippen LogP contribution in [-0.4, -0.2) is 23.3 Å². The molecule has 25 heavy (non-hydrogen) atoms. The van der Waals surface area contributed by atoms with Gasteiger partial charge in [0.15, 0.2) is 17.3 Å². The first kappa shape index (κ1) is 21.4. The van der Waals surface area contributed by atoms with Gasteiger partial charge in [-0.15, -0.1) is 0 Å². The summed E-state index contributed by atoms with van der Waals surface area (Å²) in [7, 11) is 0. The van der Waals surface area contributed by atoms with Crippen molar-refractivity contribution in [2.45, 2.75) is 84.5 Å². The number of H-pyrrole nitrogens is 1. The minimum Gasteiger partial charge on any atom is -0.461 e. The second kappa shape index (κ2) is 12.7. The number of rotatable bonds is 14. The zero-order valence-corrected chi connectivity index (χ0v) is 15.7. The molecule has 1 N–H and O–H groups in total. The fourth-order valence-electron chi connectivity index (χ4n) is 2.87. The summed E-state index contributed by atoms with van der Waals surface area (Å²) in [5.74, 6) is -1.82. The van der Waals surface area contributed by atoms with Gasteiger partial charge in [-0.3, -0.25) is 4.79 Å². The van der Waals surface area contributed by atoms with Crippen molar-refractivity contribution >= 4 is 11.8 Å². The average Bonchev–Trinajstić information content (AvgIpc) is 2.98. The molecular weight excluding hydrogens is 321 g/mol. The highest BCUT2D eigenvalue weighted by molar-refractivity contribution is 5.99. The van der Waals surface area contributed by atoms with Crippen LogP contribution in [0.25, 0.3) is 0 Å². The van der Waals surface area contributed by atoms with E-state index in [9.17, 15) is 14.0 Å². The van der Waals surface area contributed by atoms with Gasteiger partial charge in [-0.05, 0) is 13.3 Å². The molecule has 1 heterocycles. The van der Waals surface area contributed by atoms with E-state index in [0.29, 0.717) is 6.42 Å². The van der Waals surface area contributed by atoms with E-state index in [1.165, 1.54) is 51.1 Å². The molecule has 0 aliphatic rings. The Labute approximate surface area is 150 Å². The summed E-state index contributed by atoms with van der Waals surface area (Å²) in [6, 6.07) is 0. The zero-order valence-electron chi connectivity index (χ0n) is 15.7. The van der Waals surface area contributed by atoms with E-state index in [0.717, 1.165) is 19.3 Å². The Morgan fingerprint density at radius 2 is 1.52 bits per heavy atom. The van der Waals surface area contributed by atoms with E-state index in [4.69, 9.17) is 4.74 Å². The molecule has 0 aliphatic carbocycles. The number of halogens is 1. The van der Waals surface area contributed by atoms with Crippen LogP contribution in [0.3, 0.4) is 0 Å². The number of nitrogens with one attached hydrogen (secondary N) is 1. The topological polar surface area (TPSA) is 59.2 Å². The second-order valence-electron chi connectivity index (χ2n) is 6.47. The maximum absolute atomic E-state index is 14.1. The molecule has 0 atom stereocenters. The third kappa shape index (κ3) is 7.84. The van der Waals surface area contributed by atoms with Crippen molar-refractivity contribution in [3.8, 4) is 0 Å². The first-order chi connectivity index (χ1) is 12.1. The van der Waals surface area contributed by atoms with Crippen LogP contribution in [0.2, 0.25) is 0 Å². The SMILES string of the molecule is CCCCCCCCCCCCC(=O)c1c[nH]c(C(=O)OCC)c1F. The van der Waals surface area contributed by atoms with Gasteiger partial charge in [-0.2, -0.15) is 0 Å². The predicted molar refractivity (Wildman–Crippen MR) is 97.5 cm³/mol. The molecule has 0 fully saturated rings. The first-order valence-corrected chi connectivity index (χ1v) is 9.69. The molecule has 0 unspecified atom stereocenters. The van der Waals surface area contributed by atoms with Gasteiger partial charge in [0, 0.05) is 12.6 Å². The molecule has 1 aromatic heterocycles. The van der Waals surface area contributed by atoms with Crippen LogP contribution >= 0.6 is 0 Å². The highest BCUT2D eigenvalue weighted by Gasteiger charge is 2.22. The molecule has 1 rings (SSSR count). The van der Waals surface area contributed by atoms with E-state index < -0.39 is 11.8 Å². The van der Waals surface area contributed by atoms with Gasteiger partial charge in [0.25, 0.3) is 0 Å². The Morgan fingerprint density at radius 3 is 2.08 bits per heavy atom. The summed E-state index contributed by atoms with van der Waals surface area (Å²) < 4.78 is 18.9. The molecule has 0 radical (unpaired) electrons. The van der Waals surface area contributed by atoms with Gasteiger partial charge in [-0.1, -0.05) is 64.7 Å². The number of aromatic nitrogens is 1. The molecule has 0 bridgehead atoms. The lowest BCUT2D eigenvalue weighted by Crippen LogP contribution is -2.08. The molecule has 4 nitrogen and oxygen atoms in total. The van der Waals surface area contributed by atoms with Crippen LogP contribution < -0.4 is 0 Å². The molecule has 0 saturated heterocycles. The van der Waals surface area contributed by atoms with Gasteiger partial charge in [-0.25, -0.2) is 9.18 Å². The van der Waals surface area contributed by atoms with Crippen molar-refractivity contribution in [3.05, 3.63) is 23.3 Å². The Morgan fingerprint density at radius 1 is 0.960 bits per heavy atom. The third-order valence-corrected chi connectivity index (χ3v) is 4.35. The number of carbonyl (C=O) groups excluding carboxylic acids is 2. The highest BCUT2D eigenvalue weighted by Crippen LogP contribution is 2.17. The monoisotopic (exact) mass is 353 g/mol. The van der Waals surface area contributed by atoms with Gasteiger partial charge in [0.2, 0.25) is 0 Å². The van der Waals surface area contributed by atoms with Gasteiger partial charge < -0.3 is 9.72 Å². The van der Waals surface area contributed by atoms with Crippen LogP contribution in [0.4, 0.5) is 4.39 Å². The lowest BCUT2D eigenvalue weighted by Gasteiger charge is -2.02. The minimum absolute atomic E-state index is 0.0426. The fraction of sp³-hybridized carbons (Fsp3) is 0.700. The van der Waals surface area contributed by atoms with Crippen molar-refractivity contribution < 1.29 is 18.7 Å². The first-order valence-electron chi connectivity index (χ1n) is 9.69.